The number of benzene rings is 1. The molecule has 1 N–H and O–H groups in total. The summed E-state index contributed by atoms with van der Waals surface area (Å²) < 4.78 is 0. The summed E-state index contributed by atoms with van der Waals surface area (Å²) in [5.41, 5.74) is 1.93. The van der Waals surface area contributed by atoms with Gasteiger partial charge in [-0.05, 0) is 50.3 Å². The summed E-state index contributed by atoms with van der Waals surface area (Å²) in [5, 5.41) is 20.0. The van der Waals surface area contributed by atoms with Crippen LogP contribution in [-0.4, -0.2) is 5.11 Å². The van der Waals surface area contributed by atoms with E-state index >= 15 is 0 Å². The van der Waals surface area contributed by atoms with E-state index in [1.54, 1.807) is 6.07 Å². The first-order valence-electron chi connectivity index (χ1n) is 5.42. The third-order valence-electron chi connectivity index (χ3n) is 3.56. The molecule has 1 aliphatic carbocycles. The molecular formula is C13H14ClNO. The Morgan fingerprint density at radius 3 is 2.50 bits per heavy atom. The highest BCUT2D eigenvalue weighted by Gasteiger charge is 2.42. The first-order valence-corrected chi connectivity index (χ1v) is 5.80. The maximum atomic E-state index is 10.0. The first-order chi connectivity index (χ1) is 7.52. The van der Waals surface area contributed by atoms with Gasteiger partial charge in [-0.3, -0.25) is 0 Å². The van der Waals surface area contributed by atoms with Crippen LogP contribution in [0, 0.1) is 25.2 Å². The molecule has 0 unspecified atom stereocenters. The molecule has 0 spiro atoms. The lowest BCUT2D eigenvalue weighted by atomic mass is 9.64. The van der Waals surface area contributed by atoms with Crippen molar-refractivity contribution in [2.45, 2.75) is 38.5 Å². The summed E-state index contributed by atoms with van der Waals surface area (Å²) >= 11 is 6.18. The van der Waals surface area contributed by atoms with Crippen LogP contribution in [0.2, 0.25) is 5.02 Å². The Bertz CT molecular complexity index is 484. The highest BCUT2D eigenvalue weighted by Crippen LogP contribution is 2.49. The Kier molecular flexibility index (Phi) is 2.59. The molecule has 1 fully saturated rings. The molecule has 1 aromatic carbocycles. The maximum absolute atomic E-state index is 10.0. The van der Waals surface area contributed by atoms with Crippen LogP contribution >= 0.6 is 11.6 Å². The van der Waals surface area contributed by atoms with Crippen LogP contribution < -0.4 is 0 Å². The van der Waals surface area contributed by atoms with Gasteiger partial charge in [0, 0.05) is 10.6 Å². The van der Waals surface area contributed by atoms with Crippen LogP contribution in [-0.2, 0) is 5.41 Å². The normalized spacial score (nSPS) is 17.6. The molecule has 0 radical (unpaired) electrons. The summed E-state index contributed by atoms with van der Waals surface area (Å²) in [6.07, 6.45) is 2.67. The number of hydrogen-bond donors (Lipinski definition) is 1. The molecule has 1 saturated carbocycles. The van der Waals surface area contributed by atoms with Crippen LogP contribution in [0.15, 0.2) is 6.07 Å². The van der Waals surface area contributed by atoms with Crippen LogP contribution in [0.3, 0.4) is 0 Å². The van der Waals surface area contributed by atoms with Gasteiger partial charge in [0.25, 0.3) is 0 Å². The quantitative estimate of drug-likeness (QED) is 0.808. The topological polar surface area (TPSA) is 44.0 Å². The van der Waals surface area contributed by atoms with E-state index in [2.05, 4.69) is 6.07 Å². The average Bonchev–Trinajstić information content (AvgIpc) is 2.18. The van der Waals surface area contributed by atoms with Crippen LogP contribution in [0.4, 0.5) is 0 Å². The first kappa shape index (κ1) is 11.3. The van der Waals surface area contributed by atoms with Crippen molar-refractivity contribution in [1.29, 1.82) is 5.26 Å². The number of rotatable bonds is 1. The van der Waals surface area contributed by atoms with E-state index in [4.69, 9.17) is 11.6 Å². The molecular weight excluding hydrogens is 222 g/mol. The van der Waals surface area contributed by atoms with E-state index in [1.165, 1.54) is 0 Å². The van der Waals surface area contributed by atoms with Gasteiger partial charge < -0.3 is 5.11 Å². The van der Waals surface area contributed by atoms with Gasteiger partial charge in [0.2, 0.25) is 0 Å². The maximum Gasteiger partial charge on any atom is 0.121 e. The highest BCUT2D eigenvalue weighted by molar-refractivity contribution is 6.32. The van der Waals surface area contributed by atoms with E-state index in [0.717, 1.165) is 36.0 Å². The SMILES string of the molecule is Cc1cc(O)c(C2(C#N)CCC2)c(C)c1Cl. The minimum absolute atomic E-state index is 0.209. The molecule has 0 saturated heterocycles. The summed E-state index contributed by atoms with van der Waals surface area (Å²) in [7, 11) is 0. The number of nitriles is 1. The summed E-state index contributed by atoms with van der Waals surface area (Å²) in [5.74, 6) is 0.209. The third-order valence-corrected chi connectivity index (χ3v) is 4.14. The molecule has 2 nitrogen and oxygen atoms in total. The smallest absolute Gasteiger partial charge is 0.121 e. The highest BCUT2D eigenvalue weighted by atomic mass is 35.5. The van der Waals surface area contributed by atoms with Gasteiger partial charge in [-0.15, -0.1) is 0 Å². The summed E-state index contributed by atoms with van der Waals surface area (Å²) in [6, 6.07) is 4.00. The molecule has 1 aromatic rings. The Balaban J connectivity index is 2.66. The van der Waals surface area contributed by atoms with E-state index in [-0.39, 0.29) is 5.75 Å². The molecule has 84 valence electrons. The molecule has 2 rings (SSSR count). The number of phenolic OH excluding ortho intramolecular Hbond substituents is 1. The minimum Gasteiger partial charge on any atom is -0.508 e. The van der Waals surface area contributed by atoms with Gasteiger partial charge >= 0.3 is 0 Å². The molecule has 1 aliphatic rings. The predicted octanol–water partition coefficient (Wildman–Crippen LogP) is 3.61. The molecule has 0 amide bonds. The largest absolute Gasteiger partial charge is 0.508 e. The lowest BCUT2D eigenvalue weighted by Gasteiger charge is -2.37. The lowest BCUT2D eigenvalue weighted by Crippen LogP contribution is -2.33. The number of phenols is 1. The monoisotopic (exact) mass is 235 g/mol. The fraction of sp³-hybridized carbons (Fsp3) is 0.462. The van der Waals surface area contributed by atoms with Crippen molar-refractivity contribution in [3.63, 3.8) is 0 Å². The molecule has 3 heteroatoms. The lowest BCUT2D eigenvalue weighted by molar-refractivity contribution is 0.310. The molecule has 16 heavy (non-hydrogen) atoms. The predicted molar refractivity (Wildman–Crippen MR) is 63.7 cm³/mol. The zero-order valence-electron chi connectivity index (χ0n) is 9.47. The van der Waals surface area contributed by atoms with Crippen LogP contribution in [0.1, 0.15) is 36.0 Å². The Morgan fingerprint density at radius 1 is 1.44 bits per heavy atom. The minimum atomic E-state index is -0.508. The number of hydrogen-bond acceptors (Lipinski definition) is 2. The molecule has 0 aromatic heterocycles. The fourth-order valence-electron chi connectivity index (χ4n) is 2.49. The van der Waals surface area contributed by atoms with Gasteiger partial charge in [0.15, 0.2) is 0 Å². The van der Waals surface area contributed by atoms with Crippen molar-refractivity contribution in [3.8, 4) is 11.8 Å². The van der Waals surface area contributed by atoms with Crippen molar-refractivity contribution >= 4 is 11.6 Å². The summed E-state index contributed by atoms with van der Waals surface area (Å²) in [4.78, 5) is 0. The molecule has 0 atom stereocenters. The second kappa shape index (κ2) is 3.68. The van der Waals surface area contributed by atoms with E-state index < -0.39 is 5.41 Å². The number of nitrogens with zero attached hydrogens (tertiary/aromatic N) is 1. The molecule has 0 heterocycles. The fourth-order valence-corrected chi connectivity index (χ4v) is 2.64. The Morgan fingerprint density at radius 2 is 2.06 bits per heavy atom. The van der Waals surface area contributed by atoms with Crippen molar-refractivity contribution in [2.75, 3.05) is 0 Å². The summed E-state index contributed by atoms with van der Waals surface area (Å²) in [6.45, 7) is 3.74. The van der Waals surface area contributed by atoms with Crippen molar-refractivity contribution in [1.82, 2.24) is 0 Å². The van der Waals surface area contributed by atoms with Gasteiger partial charge in [0.1, 0.15) is 5.75 Å². The Labute approximate surface area is 100 Å². The second-order valence-corrected chi connectivity index (χ2v) is 4.95. The van der Waals surface area contributed by atoms with E-state index in [9.17, 15) is 10.4 Å². The van der Waals surface area contributed by atoms with Gasteiger partial charge in [-0.25, -0.2) is 0 Å². The van der Waals surface area contributed by atoms with Crippen molar-refractivity contribution in [2.24, 2.45) is 0 Å². The zero-order chi connectivity index (χ0) is 11.9. The second-order valence-electron chi connectivity index (χ2n) is 4.57. The van der Waals surface area contributed by atoms with Crippen LogP contribution in [0.5, 0.6) is 5.75 Å². The zero-order valence-corrected chi connectivity index (χ0v) is 10.2. The third kappa shape index (κ3) is 1.39. The van der Waals surface area contributed by atoms with Crippen molar-refractivity contribution in [3.05, 3.63) is 27.8 Å². The molecule has 0 aliphatic heterocycles. The molecule has 0 bridgehead atoms. The van der Waals surface area contributed by atoms with Gasteiger partial charge in [0.05, 0.1) is 11.5 Å². The standard InChI is InChI=1S/C13H14ClNO/c1-8-6-10(16)11(9(2)12(8)14)13(7-15)4-3-5-13/h6,16H,3-5H2,1-2H3. The number of aromatic hydroxyl groups is 1. The number of halogens is 1. The van der Waals surface area contributed by atoms with E-state index in [1.807, 2.05) is 13.8 Å². The average molecular weight is 236 g/mol. The Hall–Kier alpha value is -1.20. The van der Waals surface area contributed by atoms with Crippen LogP contribution in [0.25, 0.3) is 0 Å². The van der Waals surface area contributed by atoms with E-state index in [0.29, 0.717) is 5.02 Å². The number of aryl methyl sites for hydroxylation is 1. The van der Waals surface area contributed by atoms with Gasteiger partial charge in [-0.2, -0.15) is 5.26 Å². The van der Waals surface area contributed by atoms with Crippen molar-refractivity contribution < 1.29 is 5.11 Å². The van der Waals surface area contributed by atoms with Gasteiger partial charge in [-0.1, -0.05) is 11.6 Å².